The number of esters is 1. The maximum atomic E-state index is 12.9. The summed E-state index contributed by atoms with van der Waals surface area (Å²) >= 11 is 0. The smallest absolute Gasteiger partial charge is 0.358 e. The molecule has 0 spiro atoms. The minimum absolute atomic E-state index is 0.0838. The second kappa shape index (κ2) is 5.56. The molecular weight excluding hydrogens is 247 g/mol. The Bertz CT molecular complexity index is 597. The van der Waals surface area contributed by atoms with Crippen LogP contribution in [0.15, 0.2) is 30.6 Å². The highest BCUT2D eigenvalue weighted by molar-refractivity contribution is 5.86. The number of hydrogen-bond donors (Lipinski definition) is 0. The Morgan fingerprint density at radius 1 is 1.26 bits per heavy atom. The number of carbonyl (C=O) groups is 1. The number of aryl methyl sites for hydroxylation is 2. The van der Waals surface area contributed by atoms with Gasteiger partial charge in [0, 0.05) is 6.20 Å². The second-order valence-corrected chi connectivity index (χ2v) is 4.19. The van der Waals surface area contributed by atoms with Crippen LogP contribution in [0.2, 0.25) is 0 Å². The summed E-state index contributed by atoms with van der Waals surface area (Å²) in [6, 6.07) is 4.33. The van der Waals surface area contributed by atoms with Crippen molar-refractivity contribution in [3.05, 3.63) is 58.9 Å². The molecule has 1 aromatic heterocycles. The lowest BCUT2D eigenvalue weighted by atomic mass is 10.1. The van der Waals surface area contributed by atoms with E-state index in [9.17, 15) is 9.18 Å². The van der Waals surface area contributed by atoms with Gasteiger partial charge in [-0.3, -0.25) is 4.98 Å². The maximum absolute atomic E-state index is 12.9. The molecule has 0 amide bonds. The molecule has 0 bridgehead atoms. The van der Waals surface area contributed by atoms with Gasteiger partial charge < -0.3 is 4.74 Å². The molecule has 1 heterocycles. The predicted molar refractivity (Wildman–Crippen MR) is 67.0 cm³/mol. The van der Waals surface area contributed by atoms with E-state index in [4.69, 9.17) is 4.74 Å². The van der Waals surface area contributed by atoms with Gasteiger partial charge in [0.2, 0.25) is 0 Å². The molecule has 5 heteroatoms. The van der Waals surface area contributed by atoms with Gasteiger partial charge in [-0.15, -0.1) is 0 Å². The molecule has 2 rings (SSSR count). The van der Waals surface area contributed by atoms with Gasteiger partial charge in [-0.25, -0.2) is 14.2 Å². The van der Waals surface area contributed by atoms with Gasteiger partial charge in [0.05, 0.1) is 11.9 Å². The molecule has 19 heavy (non-hydrogen) atoms. The number of ether oxygens (including phenoxy) is 1. The summed E-state index contributed by atoms with van der Waals surface area (Å²) in [7, 11) is 0. The largest absolute Gasteiger partial charge is 0.456 e. The zero-order valence-electron chi connectivity index (χ0n) is 10.7. The van der Waals surface area contributed by atoms with Crippen molar-refractivity contribution in [2.45, 2.75) is 20.5 Å². The van der Waals surface area contributed by atoms with Crippen molar-refractivity contribution in [2.24, 2.45) is 0 Å². The van der Waals surface area contributed by atoms with Crippen LogP contribution >= 0.6 is 0 Å². The molecule has 0 aliphatic rings. The van der Waals surface area contributed by atoms with Crippen LogP contribution < -0.4 is 0 Å². The lowest BCUT2D eigenvalue weighted by Crippen LogP contribution is -2.08. The quantitative estimate of drug-likeness (QED) is 0.796. The van der Waals surface area contributed by atoms with E-state index in [0.717, 1.165) is 16.8 Å². The number of carbonyl (C=O) groups excluding carboxylic acids is 1. The monoisotopic (exact) mass is 260 g/mol. The summed E-state index contributed by atoms with van der Waals surface area (Å²) in [6.07, 6.45) is 2.87. The van der Waals surface area contributed by atoms with E-state index in [1.54, 1.807) is 19.9 Å². The Balaban J connectivity index is 2.02. The number of hydrogen-bond acceptors (Lipinski definition) is 4. The van der Waals surface area contributed by atoms with Crippen molar-refractivity contribution >= 4 is 5.97 Å². The minimum Gasteiger partial charge on any atom is -0.456 e. The van der Waals surface area contributed by atoms with Crippen LogP contribution in [0.5, 0.6) is 0 Å². The van der Waals surface area contributed by atoms with Crippen molar-refractivity contribution in [2.75, 3.05) is 0 Å². The average molecular weight is 260 g/mol. The number of halogens is 1. The van der Waals surface area contributed by atoms with Crippen molar-refractivity contribution in [3.63, 3.8) is 0 Å². The molecule has 4 nitrogen and oxygen atoms in total. The Morgan fingerprint density at radius 2 is 2.05 bits per heavy atom. The fourth-order valence-corrected chi connectivity index (χ4v) is 1.54. The Hall–Kier alpha value is -2.30. The minimum atomic E-state index is -0.545. The first-order valence-corrected chi connectivity index (χ1v) is 5.77. The van der Waals surface area contributed by atoms with Crippen LogP contribution in [0.4, 0.5) is 4.39 Å². The van der Waals surface area contributed by atoms with E-state index in [0.29, 0.717) is 0 Å². The summed E-state index contributed by atoms with van der Waals surface area (Å²) in [4.78, 5) is 19.6. The van der Waals surface area contributed by atoms with Gasteiger partial charge in [0.1, 0.15) is 12.4 Å². The molecule has 0 unspecified atom stereocenters. The van der Waals surface area contributed by atoms with Gasteiger partial charge in [0.15, 0.2) is 5.69 Å². The van der Waals surface area contributed by atoms with Crippen molar-refractivity contribution < 1.29 is 13.9 Å². The number of aromatic nitrogens is 2. The summed E-state index contributed by atoms with van der Waals surface area (Å²) in [6.45, 7) is 3.63. The van der Waals surface area contributed by atoms with Crippen LogP contribution in [0.1, 0.15) is 27.3 Å². The number of nitrogens with zero attached hydrogens (tertiary/aromatic N) is 2. The number of rotatable bonds is 3. The van der Waals surface area contributed by atoms with Crippen LogP contribution in [-0.2, 0) is 11.3 Å². The van der Waals surface area contributed by atoms with E-state index < -0.39 is 5.97 Å². The van der Waals surface area contributed by atoms with Crippen LogP contribution in [0, 0.1) is 19.7 Å². The van der Waals surface area contributed by atoms with Crippen molar-refractivity contribution in [1.82, 2.24) is 9.97 Å². The molecule has 1 aromatic carbocycles. The zero-order valence-corrected chi connectivity index (χ0v) is 10.7. The van der Waals surface area contributed by atoms with Crippen molar-refractivity contribution in [1.29, 1.82) is 0 Å². The van der Waals surface area contributed by atoms with Gasteiger partial charge in [-0.1, -0.05) is 6.07 Å². The van der Waals surface area contributed by atoms with Crippen LogP contribution in [0.25, 0.3) is 0 Å². The molecule has 0 saturated heterocycles. The maximum Gasteiger partial charge on any atom is 0.358 e. The normalized spacial score (nSPS) is 10.3. The highest BCUT2D eigenvalue weighted by Gasteiger charge is 2.10. The van der Waals surface area contributed by atoms with Gasteiger partial charge in [0.25, 0.3) is 0 Å². The Kier molecular flexibility index (Phi) is 3.85. The first kappa shape index (κ1) is 13.1. The molecule has 0 atom stereocenters. The molecule has 98 valence electrons. The Labute approximate surface area is 110 Å². The van der Waals surface area contributed by atoms with Gasteiger partial charge >= 0.3 is 5.97 Å². The first-order chi connectivity index (χ1) is 9.06. The third kappa shape index (κ3) is 3.34. The second-order valence-electron chi connectivity index (χ2n) is 4.19. The number of benzene rings is 1. The molecular formula is C14H13FN2O2. The van der Waals surface area contributed by atoms with E-state index >= 15 is 0 Å². The topological polar surface area (TPSA) is 52.1 Å². The van der Waals surface area contributed by atoms with E-state index in [-0.39, 0.29) is 18.1 Å². The molecule has 0 radical (unpaired) electrons. The predicted octanol–water partition coefficient (Wildman–Crippen LogP) is 2.59. The zero-order chi connectivity index (χ0) is 13.8. The van der Waals surface area contributed by atoms with Crippen LogP contribution in [0.3, 0.4) is 0 Å². The Morgan fingerprint density at radius 3 is 2.68 bits per heavy atom. The first-order valence-electron chi connectivity index (χ1n) is 5.77. The lowest BCUT2D eigenvalue weighted by molar-refractivity contribution is 0.0464. The fourth-order valence-electron chi connectivity index (χ4n) is 1.54. The molecule has 0 fully saturated rings. The van der Waals surface area contributed by atoms with Gasteiger partial charge in [-0.2, -0.15) is 0 Å². The summed E-state index contributed by atoms with van der Waals surface area (Å²) in [5.41, 5.74) is 2.38. The van der Waals surface area contributed by atoms with E-state index in [1.165, 1.54) is 24.5 Å². The molecule has 2 aromatic rings. The third-order valence-corrected chi connectivity index (χ3v) is 2.65. The molecule has 0 N–H and O–H groups in total. The average Bonchev–Trinajstić information content (AvgIpc) is 2.38. The SMILES string of the molecule is Cc1cnc(C(=O)OCc2ccc(F)cc2C)cn1. The van der Waals surface area contributed by atoms with Crippen molar-refractivity contribution in [3.8, 4) is 0 Å². The molecule has 0 aliphatic carbocycles. The standard InChI is InChI=1S/C14H13FN2O2/c1-9-5-12(15)4-3-11(9)8-19-14(18)13-7-16-10(2)6-17-13/h3-7H,8H2,1-2H3. The third-order valence-electron chi connectivity index (χ3n) is 2.65. The summed E-state index contributed by atoms with van der Waals surface area (Å²) < 4.78 is 18.0. The summed E-state index contributed by atoms with van der Waals surface area (Å²) in [5, 5.41) is 0. The summed E-state index contributed by atoms with van der Waals surface area (Å²) in [5.74, 6) is -0.854. The highest BCUT2D eigenvalue weighted by atomic mass is 19.1. The highest BCUT2D eigenvalue weighted by Crippen LogP contribution is 2.12. The van der Waals surface area contributed by atoms with Gasteiger partial charge in [-0.05, 0) is 37.1 Å². The molecule has 0 aliphatic heterocycles. The van der Waals surface area contributed by atoms with Crippen LogP contribution in [-0.4, -0.2) is 15.9 Å². The molecule has 0 saturated carbocycles. The fraction of sp³-hybridized carbons (Fsp3) is 0.214. The lowest BCUT2D eigenvalue weighted by Gasteiger charge is -2.07. The van der Waals surface area contributed by atoms with E-state index in [2.05, 4.69) is 9.97 Å². The van der Waals surface area contributed by atoms with E-state index in [1.807, 2.05) is 0 Å².